The Kier molecular flexibility index (Phi) is 6.27. The van der Waals surface area contributed by atoms with Gasteiger partial charge >= 0.3 is 0 Å². The molecule has 0 amide bonds. The lowest BCUT2D eigenvalue weighted by Gasteiger charge is -2.15. The molecular formula is C14H19N5. The number of nitriles is 1. The highest BCUT2D eigenvalue weighted by Gasteiger charge is 2.06. The van der Waals surface area contributed by atoms with Crippen LogP contribution in [0, 0.1) is 11.3 Å². The number of aliphatic imine (C=N–C) groups is 2. The van der Waals surface area contributed by atoms with Gasteiger partial charge in [0.25, 0.3) is 0 Å². The lowest BCUT2D eigenvalue weighted by Crippen LogP contribution is -2.28. The minimum absolute atomic E-state index is 0.416. The van der Waals surface area contributed by atoms with Crippen LogP contribution in [0.25, 0.3) is 0 Å². The van der Waals surface area contributed by atoms with Crippen molar-refractivity contribution in [2.24, 2.45) is 15.7 Å². The average Bonchev–Trinajstić information content (AvgIpc) is 2.44. The Morgan fingerprint density at radius 2 is 2.42 bits per heavy atom. The van der Waals surface area contributed by atoms with Crippen LogP contribution in [0.3, 0.4) is 0 Å². The first-order chi connectivity index (χ1) is 9.21. The first kappa shape index (κ1) is 14.9. The van der Waals surface area contributed by atoms with Crippen LogP contribution >= 0.6 is 0 Å². The number of allylic oxidation sites excluding steroid dienone is 2. The highest BCUT2D eigenvalue weighted by atomic mass is 14.9. The summed E-state index contributed by atoms with van der Waals surface area (Å²) in [5.74, 6) is 0.653. The van der Waals surface area contributed by atoms with Gasteiger partial charge in [-0.3, -0.25) is 0 Å². The molecule has 0 aliphatic carbocycles. The van der Waals surface area contributed by atoms with Crippen molar-refractivity contribution >= 4 is 12.1 Å². The number of nitrogens with one attached hydrogen (secondary N) is 1. The van der Waals surface area contributed by atoms with Crippen LogP contribution in [-0.4, -0.2) is 25.1 Å². The normalized spacial score (nSPS) is 17.7. The summed E-state index contributed by atoms with van der Waals surface area (Å²) in [6.45, 7) is 7.14. The molecule has 1 rings (SSSR count). The van der Waals surface area contributed by atoms with Crippen LogP contribution < -0.4 is 11.1 Å². The van der Waals surface area contributed by atoms with Crippen molar-refractivity contribution in [2.45, 2.75) is 19.8 Å². The van der Waals surface area contributed by atoms with Gasteiger partial charge in [-0.1, -0.05) is 19.6 Å². The predicted octanol–water partition coefficient (Wildman–Crippen LogP) is 1.67. The second kappa shape index (κ2) is 8.01. The monoisotopic (exact) mass is 257 g/mol. The molecule has 0 atom stereocenters. The van der Waals surface area contributed by atoms with E-state index in [1.165, 1.54) is 12.3 Å². The van der Waals surface area contributed by atoms with Crippen LogP contribution in [0.4, 0.5) is 0 Å². The summed E-state index contributed by atoms with van der Waals surface area (Å²) in [5, 5.41) is 12.0. The molecule has 0 unspecified atom stereocenters. The molecule has 1 aliphatic heterocycles. The fourth-order valence-electron chi connectivity index (χ4n) is 1.49. The molecular weight excluding hydrogens is 238 g/mol. The van der Waals surface area contributed by atoms with Crippen molar-refractivity contribution in [3.8, 4) is 6.07 Å². The maximum Gasteiger partial charge on any atom is 0.127 e. The van der Waals surface area contributed by atoms with Crippen LogP contribution in [-0.2, 0) is 0 Å². The Morgan fingerprint density at radius 3 is 3.00 bits per heavy atom. The minimum atomic E-state index is 0.416. The maximum atomic E-state index is 8.75. The molecule has 0 spiro atoms. The van der Waals surface area contributed by atoms with Gasteiger partial charge in [-0.2, -0.15) is 5.26 Å². The van der Waals surface area contributed by atoms with Crippen molar-refractivity contribution < 1.29 is 0 Å². The fourth-order valence-corrected chi connectivity index (χ4v) is 1.49. The number of nitrogens with zero attached hydrogens (tertiary/aromatic N) is 3. The Bertz CT molecular complexity index is 488. The molecule has 0 saturated heterocycles. The van der Waals surface area contributed by atoms with E-state index in [9.17, 15) is 0 Å². The van der Waals surface area contributed by atoms with Gasteiger partial charge in [-0.15, -0.1) is 0 Å². The van der Waals surface area contributed by atoms with Crippen molar-refractivity contribution in [2.75, 3.05) is 13.1 Å². The van der Waals surface area contributed by atoms with E-state index in [1.807, 2.05) is 13.0 Å². The van der Waals surface area contributed by atoms with Gasteiger partial charge in [0, 0.05) is 43.2 Å². The van der Waals surface area contributed by atoms with Crippen molar-refractivity contribution in [1.82, 2.24) is 5.32 Å². The quantitative estimate of drug-likeness (QED) is 0.347. The summed E-state index contributed by atoms with van der Waals surface area (Å²) < 4.78 is 0. The van der Waals surface area contributed by atoms with Crippen molar-refractivity contribution in [1.29, 1.82) is 5.26 Å². The SMILES string of the molecule is C=C/C(C#N)=C\N=C(CC)N=CC1=C(N)CCNC1. The zero-order chi connectivity index (χ0) is 14.1. The maximum absolute atomic E-state index is 8.75. The van der Waals surface area contributed by atoms with E-state index in [0.29, 0.717) is 17.8 Å². The van der Waals surface area contributed by atoms with Crippen molar-refractivity contribution in [3.63, 3.8) is 0 Å². The molecule has 5 nitrogen and oxygen atoms in total. The molecule has 1 aliphatic rings. The minimum Gasteiger partial charge on any atom is -0.402 e. The molecule has 5 heteroatoms. The van der Waals surface area contributed by atoms with Crippen LogP contribution in [0.1, 0.15) is 19.8 Å². The predicted molar refractivity (Wildman–Crippen MR) is 78.8 cm³/mol. The first-order valence-corrected chi connectivity index (χ1v) is 6.23. The van der Waals surface area contributed by atoms with E-state index in [-0.39, 0.29) is 0 Å². The van der Waals surface area contributed by atoms with Crippen molar-refractivity contribution in [3.05, 3.63) is 35.7 Å². The van der Waals surface area contributed by atoms with Gasteiger partial charge in [-0.05, 0) is 6.42 Å². The van der Waals surface area contributed by atoms with Gasteiger partial charge in [0.1, 0.15) is 11.9 Å². The molecule has 1 heterocycles. The van der Waals surface area contributed by atoms with E-state index in [2.05, 4.69) is 21.9 Å². The van der Waals surface area contributed by atoms with Crippen LogP contribution in [0.5, 0.6) is 0 Å². The molecule has 0 bridgehead atoms. The molecule has 100 valence electrons. The molecule has 0 saturated carbocycles. The number of nitrogens with two attached hydrogens (primary N) is 1. The standard InChI is InChI=1S/C14H19N5/c1-3-11(7-15)8-18-14(4-2)19-10-12-9-17-6-5-13(12)16/h3,8,10,17H,1,4-6,9,16H2,2H3/b11-8+,18-14?,19-10?. The van der Waals surface area contributed by atoms with Gasteiger partial charge in [0.2, 0.25) is 0 Å². The third-order valence-corrected chi connectivity index (χ3v) is 2.69. The smallest absolute Gasteiger partial charge is 0.127 e. The van der Waals surface area contributed by atoms with Gasteiger partial charge < -0.3 is 11.1 Å². The third-order valence-electron chi connectivity index (χ3n) is 2.69. The largest absolute Gasteiger partial charge is 0.402 e. The van der Waals surface area contributed by atoms with Crippen LogP contribution in [0.2, 0.25) is 0 Å². The van der Waals surface area contributed by atoms with Gasteiger partial charge in [-0.25, -0.2) is 9.98 Å². The fraction of sp³-hybridized carbons (Fsp3) is 0.357. The lowest BCUT2D eigenvalue weighted by molar-refractivity contribution is 0.688. The number of hydrogen-bond donors (Lipinski definition) is 2. The molecule has 0 fully saturated rings. The molecule has 0 aromatic carbocycles. The highest BCUT2D eigenvalue weighted by molar-refractivity contribution is 5.95. The van der Waals surface area contributed by atoms with Gasteiger partial charge in [0.05, 0.1) is 5.57 Å². The Balaban J connectivity index is 2.82. The van der Waals surface area contributed by atoms with E-state index in [0.717, 1.165) is 30.8 Å². The van der Waals surface area contributed by atoms with E-state index >= 15 is 0 Å². The van der Waals surface area contributed by atoms with E-state index in [1.54, 1.807) is 6.21 Å². The number of amidine groups is 1. The number of rotatable bonds is 4. The molecule has 0 aromatic heterocycles. The average molecular weight is 257 g/mol. The van der Waals surface area contributed by atoms with E-state index < -0.39 is 0 Å². The highest BCUT2D eigenvalue weighted by Crippen LogP contribution is 2.05. The summed E-state index contributed by atoms with van der Waals surface area (Å²) >= 11 is 0. The Morgan fingerprint density at radius 1 is 1.63 bits per heavy atom. The first-order valence-electron chi connectivity index (χ1n) is 6.23. The topological polar surface area (TPSA) is 86.6 Å². The zero-order valence-corrected chi connectivity index (χ0v) is 11.2. The zero-order valence-electron chi connectivity index (χ0n) is 11.2. The molecule has 0 radical (unpaired) electrons. The Hall–Kier alpha value is -2.19. The van der Waals surface area contributed by atoms with E-state index in [4.69, 9.17) is 11.0 Å². The summed E-state index contributed by atoms with van der Waals surface area (Å²) in [6, 6.07) is 1.99. The summed E-state index contributed by atoms with van der Waals surface area (Å²) in [6.07, 6.45) is 6.21. The molecule has 0 aromatic rings. The summed E-state index contributed by atoms with van der Waals surface area (Å²) in [4.78, 5) is 8.49. The third kappa shape index (κ3) is 4.90. The van der Waals surface area contributed by atoms with Gasteiger partial charge in [0.15, 0.2) is 0 Å². The lowest BCUT2D eigenvalue weighted by atomic mass is 10.1. The number of hydrogen-bond acceptors (Lipinski definition) is 4. The molecule has 3 N–H and O–H groups in total. The molecule has 19 heavy (non-hydrogen) atoms. The second-order valence-corrected chi connectivity index (χ2v) is 4.03. The van der Waals surface area contributed by atoms with Crippen LogP contribution in [0.15, 0.2) is 45.7 Å². The second-order valence-electron chi connectivity index (χ2n) is 4.03. The summed E-state index contributed by atoms with van der Waals surface area (Å²) in [7, 11) is 0. The summed E-state index contributed by atoms with van der Waals surface area (Å²) in [5.41, 5.74) is 8.20. The Labute approximate surface area is 113 Å².